The zero-order chi connectivity index (χ0) is 12.3. The number of hydrogen-bond acceptors (Lipinski definition) is 6. The van der Waals surface area contributed by atoms with E-state index in [2.05, 4.69) is 10.3 Å². The van der Waals surface area contributed by atoms with E-state index in [9.17, 15) is 15.2 Å². The summed E-state index contributed by atoms with van der Waals surface area (Å²) >= 11 is 1.05. The number of rotatable bonds is 5. The van der Waals surface area contributed by atoms with Gasteiger partial charge in [0.2, 0.25) is 0 Å². The first-order valence-corrected chi connectivity index (χ1v) is 6.47. The summed E-state index contributed by atoms with van der Waals surface area (Å²) in [6.07, 6.45) is 4.59. The quantitative estimate of drug-likeness (QED) is 0.621. The lowest BCUT2D eigenvalue weighted by atomic mass is 9.97. The van der Waals surface area contributed by atoms with E-state index in [1.54, 1.807) is 0 Å². The summed E-state index contributed by atoms with van der Waals surface area (Å²) in [7, 11) is 0. The molecule has 0 aliphatic heterocycles. The number of anilines is 1. The predicted molar refractivity (Wildman–Crippen MR) is 65.2 cm³/mol. The monoisotopic (exact) mass is 257 g/mol. The van der Waals surface area contributed by atoms with Crippen LogP contribution < -0.4 is 5.32 Å². The minimum Gasteiger partial charge on any atom is -0.396 e. The zero-order valence-electron chi connectivity index (χ0n) is 9.33. The van der Waals surface area contributed by atoms with Crippen LogP contribution in [0, 0.1) is 22.0 Å². The normalized spacial score (nSPS) is 23.8. The standard InChI is InChI=1S/C10H15N3O3S/c14-6-8-3-1-2-7(8)4-11-10-12-5-9(17-10)13(15)16/h5,7-8,14H,1-4,6H2,(H,11,12). The van der Waals surface area contributed by atoms with Crippen LogP contribution in [0.1, 0.15) is 19.3 Å². The SMILES string of the molecule is O=[N+]([O-])c1cnc(NCC2CCCC2CO)s1. The van der Waals surface area contributed by atoms with E-state index in [-0.39, 0.29) is 11.6 Å². The van der Waals surface area contributed by atoms with E-state index in [4.69, 9.17) is 0 Å². The van der Waals surface area contributed by atoms with Gasteiger partial charge in [-0.15, -0.1) is 0 Å². The van der Waals surface area contributed by atoms with Gasteiger partial charge >= 0.3 is 5.00 Å². The van der Waals surface area contributed by atoms with Crippen molar-refractivity contribution in [2.45, 2.75) is 19.3 Å². The molecule has 94 valence electrons. The third-order valence-electron chi connectivity index (χ3n) is 3.24. The third-order valence-corrected chi connectivity index (χ3v) is 4.15. The van der Waals surface area contributed by atoms with E-state index in [1.807, 2.05) is 0 Å². The van der Waals surface area contributed by atoms with Gasteiger partial charge in [0.25, 0.3) is 0 Å². The van der Waals surface area contributed by atoms with Crippen LogP contribution in [0.15, 0.2) is 6.20 Å². The molecule has 0 spiro atoms. The molecule has 0 bridgehead atoms. The number of aromatic nitrogens is 1. The Bertz CT molecular complexity index is 396. The minimum atomic E-state index is -0.436. The molecule has 1 aliphatic rings. The third kappa shape index (κ3) is 2.92. The van der Waals surface area contributed by atoms with Gasteiger partial charge in [0.1, 0.15) is 6.20 Å². The summed E-state index contributed by atoms with van der Waals surface area (Å²) in [5, 5.41) is 23.4. The molecule has 0 saturated heterocycles. The van der Waals surface area contributed by atoms with Crippen molar-refractivity contribution in [2.75, 3.05) is 18.5 Å². The second kappa shape index (κ2) is 5.42. The molecular weight excluding hydrogens is 242 g/mol. The number of hydrogen-bond donors (Lipinski definition) is 2. The van der Waals surface area contributed by atoms with Gasteiger partial charge in [-0.2, -0.15) is 0 Å². The molecule has 0 radical (unpaired) electrons. The average Bonchev–Trinajstić information content (AvgIpc) is 2.95. The topological polar surface area (TPSA) is 88.3 Å². The largest absolute Gasteiger partial charge is 0.396 e. The molecule has 0 amide bonds. The number of aliphatic hydroxyl groups is 1. The molecule has 2 rings (SSSR count). The van der Waals surface area contributed by atoms with Crippen LogP contribution in [0.2, 0.25) is 0 Å². The van der Waals surface area contributed by atoms with E-state index in [0.29, 0.717) is 17.0 Å². The van der Waals surface area contributed by atoms with Crippen LogP contribution in [-0.2, 0) is 0 Å². The second-order valence-corrected chi connectivity index (χ2v) is 5.28. The Hall–Kier alpha value is -1.21. The highest BCUT2D eigenvalue weighted by Crippen LogP contribution is 2.32. The van der Waals surface area contributed by atoms with Gasteiger partial charge in [0.05, 0.1) is 4.92 Å². The molecule has 2 atom stereocenters. The van der Waals surface area contributed by atoms with Crippen molar-refractivity contribution < 1.29 is 10.0 Å². The van der Waals surface area contributed by atoms with Crippen molar-refractivity contribution in [3.63, 3.8) is 0 Å². The first kappa shape index (κ1) is 12.3. The molecule has 1 fully saturated rings. The maximum Gasteiger partial charge on any atom is 0.345 e. The fourth-order valence-corrected chi connectivity index (χ4v) is 2.91. The minimum absolute atomic E-state index is 0.0534. The number of thiazole rings is 1. The Morgan fingerprint density at radius 1 is 1.59 bits per heavy atom. The maximum atomic E-state index is 10.5. The van der Waals surface area contributed by atoms with Crippen molar-refractivity contribution in [1.82, 2.24) is 4.98 Å². The van der Waals surface area contributed by atoms with Gasteiger partial charge in [-0.25, -0.2) is 4.98 Å². The molecule has 6 nitrogen and oxygen atoms in total. The Labute approximate surface area is 103 Å². The molecule has 7 heteroatoms. The van der Waals surface area contributed by atoms with Crippen molar-refractivity contribution in [3.8, 4) is 0 Å². The lowest BCUT2D eigenvalue weighted by Crippen LogP contribution is -2.20. The van der Waals surface area contributed by atoms with Crippen molar-refractivity contribution in [2.24, 2.45) is 11.8 Å². The van der Waals surface area contributed by atoms with Crippen LogP contribution in [0.3, 0.4) is 0 Å². The number of nitrogens with zero attached hydrogens (tertiary/aromatic N) is 2. The number of nitro groups is 1. The highest BCUT2D eigenvalue weighted by Gasteiger charge is 2.26. The average molecular weight is 257 g/mol. The second-order valence-electron chi connectivity index (χ2n) is 4.28. The fourth-order valence-electron chi connectivity index (χ4n) is 2.27. The molecule has 0 aromatic carbocycles. The van der Waals surface area contributed by atoms with Gasteiger partial charge in [-0.05, 0) is 36.0 Å². The van der Waals surface area contributed by atoms with E-state index >= 15 is 0 Å². The smallest absolute Gasteiger partial charge is 0.345 e. The molecule has 1 saturated carbocycles. The van der Waals surface area contributed by atoms with Crippen LogP contribution in [0.25, 0.3) is 0 Å². The Kier molecular flexibility index (Phi) is 3.90. The summed E-state index contributed by atoms with van der Waals surface area (Å²) in [4.78, 5) is 14.0. The molecule has 1 heterocycles. The van der Waals surface area contributed by atoms with E-state index < -0.39 is 4.92 Å². The lowest BCUT2D eigenvalue weighted by molar-refractivity contribution is -0.380. The molecule has 1 aliphatic carbocycles. The first-order chi connectivity index (χ1) is 8.20. The predicted octanol–water partition coefficient (Wildman–Crippen LogP) is 1.87. The van der Waals surface area contributed by atoms with Gasteiger partial charge in [-0.3, -0.25) is 10.1 Å². The molecule has 1 aromatic rings. The molecule has 1 aromatic heterocycles. The van der Waals surface area contributed by atoms with Crippen molar-refractivity contribution in [1.29, 1.82) is 0 Å². The van der Waals surface area contributed by atoms with Gasteiger partial charge in [0.15, 0.2) is 5.13 Å². The Morgan fingerprint density at radius 3 is 3.00 bits per heavy atom. The number of nitrogens with one attached hydrogen (secondary N) is 1. The maximum absolute atomic E-state index is 10.5. The highest BCUT2D eigenvalue weighted by molar-refractivity contribution is 7.18. The van der Waals surface area contributed by atoms with Gasteiger partial charge < -0.3 is 10.4 Å². The van der Waals surface area contributed by atoms with Crippen molar-refractivity contribution in [3.05, 3.63) is 16.3 Å². The summed E-state index contributed by atoms with van der Waals surface area (Å²) in [6.45, 7) is 0.959. The molecule has 17 heavy (non-hydrogen) atoms. The van der Waals surface area contributed by atoms with Gasteiger partial charge in [0, 0.05) is 13.2 Å². The molecular formula is C10H15N3O3S. The zero-order valence-corrected chi connectivity index (χ0v) is 10.2. The van der Waals surface area contributed by atoms with Crippen LogP contribution in [0.5, 0.6) is 0 Å². The summed E-state index contributed by atoms with van der Waals surface area (Å²) in [5.74, 6) is 0.806. The first-order valence-electron chi connectivity index (χ1n) is 5.65. The summed E-state index contributed by atoms with van der Waals surface area (Å²) in [5.41, 5.74) is 0. The van der Waals surface area contributed by atoms with Crippen LogP contribution >= 0.6 is 11.3 Å². The Morgan fingerprint density at radius 2 is 2.35 bits per heavy atom. The molecule has 2 N–H and O–H groups in total. The highest BCUT2D eigenvalue weighted by atomic mass is 32.1. The van der Waals surface area contributed by atoms with Crippen LogP contribution in [-0.4, -0.2) is 28.2 Å². The number of aliphatic hydroxyl groups excluding tert-OH is 1. The van der Waals surface area contributed by atoms with E-state index in [1.165, 1.54) is 6.20 Å². The van der Waals surface area contributed by atoms with Crippen LogP contribution in [0.4, 0.5) is 10.1 Å². The molecule has 2 unspecified atom stereocenters. The van der Waals surface area contributed by atoms with E-state index in [0.717, 1.165) is 37.1 Å². The van der Waals surface area contributed by atoms with Gasteiger partial charge in [-0.1, -0.05) is 6.42 Å². The summed E-state index contributed by atoms with van der Waals surface area (Å²) < 4.78 is 0. The lowest BCUT2D eigenvalue weighted by Gasteiger charge is -2.17. The fraction of sp³-hybridized carbons (Fsp3) is 0.700. The Balaban J connectivity index is 1.86. The van der Waals surface area contributed by atoms with Crippen molar-refractivity contribution >= 4 is 21.5 Å². The summed E-state index contributed by atoms with van der Waals surface area (Å²) in [6, 6.07) is 0.